The minimum atomic E-state index is -1.19. The van der Waals surface area contributed by atoms with Gasteiger partial charge in [-0.1, -0.05) is 30.7 Å². The zero-order chi connectivity index (χ0) is 13.7. The van der Waals surface area contributed by atoms with Gasteiger partial charge in [0, 0.05) is 11.4 Å². The number of nitrogens with one attached hydrogen (secondary N) is 1. The quantitative estimate of drug-likeness (QED) is 0.824. The molecule has 0 aromatic heterocycles. The number of aryl methyl sites for hydroxylation is 1. The fraction of sp³-hybridized carbons (Fsp3) is 0.231. The number of aliphatic carboxylic acids is 1. The largest absolute Gasteiger partial charge is 0.477 e. The average Bonchev–Trinajstić information content (AvgIpc) is 2.32. The summed E-state index contributed by atoms with van der Waals surface area (Å²) in [6.45, 7) is 3.50. The summed E-state index contributed by atoms with van der Waals surface area (Å²) < 4.78 is 0. The van der Waals surface area contributed by atoms with Crippen LogP contribution in [0, 0.1) is 6.92 Å². The zero-order valence-corrected chi connectivity index (χ0v) is 10.9. The second kappa shape index (κ2) is 6.21. The smallest absolute Gasteiger partial charge is 0.352 e. The minimum absolute atomic E-state index is 0.165. The number of carboxylic acid groups (broad SMARTS) is 1. The molecule has 1 amide bonds. The molecule has 0 aliphatic heterocycles. The van der Waals surface area contributed by atoms with Gasteiger partial charge >= 0.3 is 5.97 Å². The van der Waals surface area contributed by atoms with E-state index in [1.165, 1.54) is 6.08 Å². The number of carbonyl (C=O) groups is 2. The Labute approximate surface area is 110 Å². The molecule has 0 unspecified atom stereocenters. The second-order valence-corrected chi connectivity index (χ2v) is 4.18. The predicted molar refractivity (Wildman–Crippen MR) is 70.2 cm³/mol. The van der Waals surface area contributed by atoms with Crippen molar-refractivity contribution >= 4 is 29.6 Å². The molecular weight excluding hydrogens is 254 g/mol. The van der Waals surface area contributed by atoms with E-state index in [4.69, 9.17) is 16.7 Å². The summed E-state index contributed by atoms with van der Waals surface area (Å²) in [4.78, 5) is 22.2. The number of carbonyl (C=O) groups excluding carboxylic acids is 1. The van der Waals surface area contributed by atoms with E-state index in [1.807, 2.05) is 6.92 Å². The average molecular weight is 268 g/mol. The van der Waals surface area contributed by atoms with Crippen LogP contribution in [0.3, 0.4) is 0 Å². The molecule has 0 radical (unpaired) electrons. The Hall–Kier alpha value is -1.81. The first kappa shape index (κ1) is 14.3. The molecule has 0 aliphatic carbocycles. The van der Waals surface area contributed by atoms with Gasteiger partial charge in [-0.25, -0.2) is 4.79 Å². The number of hydrogen-bond donors (Lipinski definition) is 2. The van der Waals surface area contributed by atoms with Gasteiger partial charge < -0.3 is 10.4 Å². The van der Waals surface area contributed by atoms with E-state index in [9.17, 15) is 9.59 Å². The summed E-state index contributed by atoms with van der Waals surface area (Å²) in [6, 6.07) is 5.18. The Bertz CT molecular complexity index is 509. The van der Waals surface area contributed by atoms with Crippen LogP contribution in [0.4, 0.5) is 0 Å². The van der Waals surface area contributed by atoms with Gasteiger partial charge in [0.1, 0.15) is 5.70 Å². The van der Waals surface area contributed by atoms with Crippen LogP contribution >= 0.6 is 11.6 Å². The molecule has 0 saturated carbocycles. The van der Waals surface area contributed by atoms with Crippen LogP contribution in [0.2, 0.25) is 5.02 Å². The first-order valence-corrected chi connectivity index (χ1v) is 5.82. The summed E-state index contributed by atoms with van der Waals surface area (Å²) in [5.74, 6) is -1.53. The molecule has 0 aliphatic rings. The second-order valence-electron chi connectivity index (χ2n) is 3.77. The van der Waals surface area contributed by atoms with Crippen LogP contribution in [0.15, 0.2) is 23.9 Å². The molecule has 5 heteroatoms. The molecule has 0 spiro atoms. The van der Waals surface area contributed by atoms with Crippen LogP contribution in [-0.4, -0.2) is 17.0 Å². The van der Waals surface area contributed by atoms with Crippen molar-refractivity contribution in [1.82, 2.24) is 5.32 Å². The van der Waals surface area contributed by atoms with Gasteiger partial charge in [-0.15, -0.1) is 0 Å². The highest BCUT2D eigenvalue weighted by Crippen LogP contribution is 2.18. The van der Waals surface area contributed by atoms with Gasteiger partial charge in [-0.05, 0) is 30.2 Å². The van der Waals surface area contributed by atoms with Crippen molar-refractivity contribution in [2.45, 2.75) is 20.3 Å². The zero-order valence-electron chi connectivity index (χ0n) is 10.2. The minimum Gasteiger partial charge on any atom is -0.477 e. The third-order valence-corrected chi connectivity index (χ3v) is 2.74. The van der Waals surface area contributed by atoms with E-state index >= 15 is 0 Å². The fourth-order valence-corrected chi connectivity index (χ4v) is 1.44. The maximum Gasteiger partial charge on any atom is 0.352 e. The SMILES string of the molecule is CCC(=O)NC(=Cc1ccc(C)c(Cl)c1)C(=O)O. The lowest BCUT2D eigenvalue weighted by atomic mass is 10.1. The molecule has 0 heterocycles. The van der Waals surface area contributed by atoms with Crippen LogP contribution in [0.5, 0.6) is 0 Å². The van der Waals surface area contributed by atoms with Gasteiger partial charge in [0.25, 0.3) is 0 Å². The maximum atomic E-state index is 11.2. The van der Waals surface area contributed by atoms with E-state index in [2.05, 4.69) is 5.32 Å². The molecule has 0 saturated heterocycles. The van der Waals surface area contributed by atoms with E-state index < -0.39 is 5.97 Å². The van der Waals surface area contributed by atoms with Crippen molar-refractivity contribution in [1.29, 1.82) is 0 Å². The lowest BCUT2D eigenvalue weighted by Crippen LogP contribution is -2.26. The van der Waals surface area contributed by atoms with Crippen LogP contribution in [-0.2, 0) is 9.59 Å². The normalized spacial score (nSPS) is 11.2. The van der Waals surface area contributed by atoms with Crippen LogP contribution in [0.25, 0.3) is 6.08 Å². The van der Waals surface area contributed by atoms with Crippen molar-refractivity contribution in [2.75, 3.05) is 0 Å². The first-order valence-electron chi connectivity index (χ1n) is 5.45. The Morgan fingerprint density at radius 2 is 2.11 bits per heavy atom. The number of hydrogen-bond acceptors (Lipinski definition) is 2. The van der Waals surface area contributed by atoms with E-state index in [-0.39, 0.29) is 18.0 Å². The van der Waals surface area contributed by atoms with Gasteiger partial charge in [0.2, 0.25) is 5.91 Å². The molecule has 1 rings (SSSR count). The van der Waals surface area contributed by atoms with Crippen LogP contribution < -0.4 is 5.32 Å². The van der Waals surface area contributed by atoms with Gasteiger partial charge in [-0.3, -0.25) is 4.79 Å². The highest BCUT2D eigenvalue weighted by atomic mass is 35.5. The van der Waals surface area contributed by atoms with Gasteiger partial charge in [-0.2, -0.15) is 0 Å². The van der Waals surface area contributed by atoms with E-state index in [0.717, 1.165) is 5.56 Å². The summed E-state index contributed by atoms with van der Waals surface area (Å²) in [5, 5.41) is 11.9. The standard InChI is InChI=1S/C13H14ClNO3/c1-3-12(16)15-11(13(17)18)7-9-5-4-8(2)10(14)6-9/h4-7H,3H2,1-2H3,(H,15,16)(H,17,18). The summed E-state index contributed by atoms with van der Waals surface area (Å²) >= 11 is 5.95. The van der Waals surface area contributed by atoms with Crippen molar-refractivity contribution < 1.29 is 14.7 Å². The molecule has 0 fully saturated rings. The molecule has 0 atom stereocenters. The molecule has 18 heavy (non-hydrogen) atoms. The van der Waals surface area contributed by atoms with E-state index in [1.54, 1.807) is 25.1 Å². The van der Waals surface area contributed by atoms with Crippen molar-refractivity contribution in [3.8, 4) is 0 Å². The Balaban J connectivity index is 3.04. The highest BCUT2D eigenvalue weighted by molar-refractivity contribution is 6.31. The van der Waals surface area contributed by atoms with Crippen LogP contribution in [0.1, 0.15) is 24.5 Å². The number of rotatable bonds is 4. The monoisotopic (exact) mass is 267 g/mol. The lowest BCUT2D eigenvalue weighted by molar-refractivity contribution is -0.134. The van der Waals surface area contributed by atoms with Crippen molar-refractivity contribution in [3.63, 3.8) is 0 Å². The molecule has 1 aromatic carbocycles. The maximum absolute atomic E-state index is 11.2. The Morgan fingerprint density at radius 3 is 2.61 bits per heavy atom. The number of halogens is 1. The molecular formula is C13H14ClNO3. The molecule has 1 aromatic rings. The number of amides is 1. The van der Waals surface area contributed by atoms with Crippen molar-refractivity contribution in [2.24, 2.45) is 0 Å². The molecule has 0 bridgehead atoms. The first-order chi connectivity index (χ1) is 8.43. The summed E-state index contributed by atoms with van der Waals surface area (Å²) in [7, 11) is 0. The van der Waals surface area contributed by atoms with Gasteiger partial charge in [0.05, 0.1) is 0 Å². The molecule has 96 valence electrons. The fourth-order valence-electron chi connectivity index (χ4n) is 1.26. The lowest BCUT2D eigenvalue weighted by Gasteiger charge is -2.05. The Kier molecular flexibility index (Phi) is 4.92. The topological polar surface area (TPSA) is 66.4 Å². The Morgan fingerprint density at radius 1 is 1.44 bits per heavy atom. The molecule has 2 N–H and O–H groups in total. The van der Waals surface area contributed by atoms with Gasteiger partial charge in [0.15, 0.2) is 0 Å². The summed E-state index contributed by atoms with van der Waals surface area (Å²) in [6.07, 6.45) is 1.60. The summed E-state index contributed by atoms with van der Waals surface area (Å²) in [5.41, 5.74) is 1.37. The predicted octanol–water partition coefficient (Wildman–Crippen LogP) is 2.60. The molecule has 4 nitrogen and oxygen atoms in total. The third-order valence-electron chi connectivity index (χ3n) is 2.33. The van der Waals surface area contributed by atoms with Crippen molar-refractivity contribution in [3.05, 3.63) is 40.0 Å². The van der Waals surface area contributed by atoms with E-state index in [0.29, 0.717) is 10.6 Å². The third kappa shape index (κ3) is 3.89. The number of benzene rings is 1. The number of carboxylic acids is 1. The highest BCUT2D eigenvalue weighted by Gasteiger charge is 2.10.